The third kappa shape index (κ3) is 2.88. The number of benzene rings is 1. The summed E-state index contributed by atoms with van der Waals surface area (Å²) in [5, 5.41) is 13.6. The molecule has 1 amide bonds. The van der Waals surface area contributed by atoms with Crippen molar-refractivity contribution in [1.29, 1.82) is 0 Å². The van der Waals surface area contributed by atoms with Gasteiger partial charge < -0.3 is 20.2 Å². The normalized spacial score (nSPS) is 15.2. The minimum absolute atomic E-state index is 0.0852. The van der Waals surface area contributed by atoms with Gasteiger partial charge >= 0.3 is 0 Å². The number of phenols is 1. The summed E-state index contributed by atoms with van der Waals surface area (Å²) < 4.78 is 0. The van der Waals surface area contributed by atoms with E-state index in [1.165, 1.54) is 0 Å². The molecule has 1 saturated heterocycles. The average molecular weight is 277 g/mol. The third-order valence-electron chi connectivity index (χ3n) is 3.75. The van der Waals surface area contributed by atoms with E-state index in [4.69, 9.17) is 0 Å². The van der Waals surface area contributed by atoms with Crippen LogP contribution in [-0.2, 0) is 0 Å². The van der Waals surface area contributed by atoms with Gasteiger partial charge in [-0.2, -0.15) is 0 Å². The van der Waals surface area contributed by atoms with Gasteiger partial charge in [0.15, 0.2) is 5.75 Å². The van der Waals surface area contributed by atoms with Crippen LogP contribution in [0.15, 0.2) is 18.2 Å². The first-order valence-corrected chi connectivity index (χ1v) is 7.26. The maximum atomic E-state index is 12.5. The van der Waals surface area contributed by atoms with Crippen LogP contribution in [0.3, 0.4) is 0 Å². The fraction of sp³-hybridized carbons (Fsp3) is 0.533. The molecule has 5 nitrogen and oxygen atoms in total. The molecule has 1 aliphatic rings. The maximum Gasteiger partial charge on any atom is 0.257 e. The van der Waals surface area contributed by atoms with Crippen LogP contribution < -0.4 is 10.2 Å². The number of piperazine rings is 1. The Morgan fingerprint density at radius 3 is 2.55 bits per heavy atom. The van der Waals surface area contributed by atoms with Crippen molar-refractivity contribution in [3.8, 4) is 5.75 Å². The van der Waals surface area contributed by atoms with E-state index < -0.39 is 0 Å². The summed E-state index contributed by atoms with van der Waals surface area (Å²) in [6.45, 7) is 8.66. The SMILES string of the molecule is CCN(CC)c1cccc(C(=O)N2CCNCC2)c1O. The van der Waals surface area contributed by atoms with Crippen molar-refractivity contribution >= 4 is 11.6 Å². The Morgan fingerprint density at radius 2 is 1.95 bits per heavy atom. The molecule has 110 valence electrons. The maximum absolute atomic E-state index is 12.5. The zero-order chi connectivity index (χ0) is 14.5. The van der Waals surface area contributed by atoms with Crippen LogP contribution in [0.2, 0.25) is 0 Å². The Balaban J connectivity index is 2.27. The van der Waals surface area contributed by atoms with Gasteiger partial charge in [0.05, 0.1) is 11.3 Å². The first kappa shape index (κ1) is 14.7. The molecule has 1 fully saturated rings. The number of amides is 1. The second-order valence-corrected chi connectivity index (χ2v) is 4.89. The molecule has 0 aromatic heterocycles. The van der Waals surface area contributed by atoms with Crippen molar-refractivity contribution in [2.75, 3.05) is 44.2 Å². The standard InChI is InChI=1S/C15H23N3O2/c1-3-17(4-2)13-7-5-6-12(14(13)19)15(20)18-10-8-16-9-11-18/h5-7,16,19H,3-4,8-11H2,1-2H3. The van der Waals surface area contributed by atoms with Gasteiger partial charge in [0.25, 0.3) is 5.91 Å². The molecule has 1 aromatic rings. The Kier molecular flexibility index (Phi) is 4.84. The van der Waals surface area contributed by atoms with Crippen LogP contribution in [0.1, 0.15) is 24.2 Å². The minimum atomic E-state index is -0.0852. The number of rotatable bonds is 4. The van der Waals surface area contributed by atoms with E-state index in [2.05, 4.69) is 5.32 Å². The molecule has 1 heterocycles. The van der Waals surface area contributed by atoms with Gasteiger partial charge in [-0.1, -0.05) is 6.07 Å². The van der Waals surface area contributed by atoms with Crippen LogP contribution in [0.4, 0.5) is 5.69 Å². The lowest BCUT2D eigenvalue weighted by molar-refractivity contribution is 0.0733. The van der Waals surface area contributed by atoms with Gasteiger partial charge in [-0.05, 0) is 26.0 Å². The number of nitrogens with one attached hydrogen (secondary N) is 1. The highest BCUT2D eigenvalue weighted by Crippen LogP contribution is 2.31. The number of phenolic OH excluding ortho intramolecular Hbond substituents is 1. The van der Waals surface area contributed by atoms with Gasteiger partial charge in [0.2, 0.25) is 0 Å². The van der Waals surface area contributed by atoms with Crippen LogP contribution in [0.25, 0.3) is 0 Å². The molecular formula is C15H23N3O2. The number of hydrogen-bond acceptors (Lipinski definition) is 4. The highest BCUT2D eigenvalue weighted by molar-refractivity contribution is 5.98. The van der Waals surface area contributed by atoms with Crippen LogP contribution in [-0.4, -0.2) is 55.2 Å². The molecule has 0 saturated carbocycles. The molecule has 1 aliphatic heterocycles. The number of carbonyl (C=O) groups is 1. The first-order valence-electron chi connectivity index (χ1n) is 7.26. The minimum Gasteiger partial charge on any atom is -0.505 e. The van der Waals surface area contributed by atoms with E-state index in [9.17, 15) is 9.90 Å². The fourth-order valence-corrected chi connectivity index (χ4v) is 2.56. The van der Waals surface area contributed by atoms with E-state index in [1.807, 2.05) is 30.9 Å². The average Bonchev–Trinajstić information content (AvgIpc) is 2.50. The molecule has 0 unspecified atom stereocenters. The zero-order valence-corrected chi connectivity index (χ0v) is 12.2. The molecule has 0 atom stereocenters. The van der Waals surface area contributed by atoms with Crippen molar-refractivity contribution in [3.63, 3.8) is 0 Å². The molecule has 2 N–H and O–H groups in total. The van der Waals surface area contributed by atoms with E-state index in [1.54, 1.807) is 11.0 Å². The summed E-state index contributed by atoms with van der Waals surface area (Å²) in [7, 11) is 0. The second-order valence-electron chi connectivity index (χ2n) is 4.89. The second kappa shape index (κ2) is 6.61. The molecule has 5 heteroatoms. The third-order valence-corrected chi connectivity index (χ3v) is 3.75. The Hall–Kier alpha value is -1.75. The number of carbonyl (C=O) groups excluding carboxylic acids is 1. The first-order chi connectivity index (χ1) is 9.69. The largest absolute Gasteiger partial charge is 0.505 e. The molecule has 1 aromatic carbocycles. The van der Waals surface area contributed by atoms with Crippen LogP contribution >= 0.6 is 0 Å². The van der Waals surface area contributed by atoms with Gasteiger partial charge in [-0.25, -0.2) is 0 Å². The van der Waals surface area contributed by atoms with E-state index >= 15 is 0 Å². The molecule has 0 bridgehead atoms. The predicted molar refractivity (Wildman–Crippen MR) is 80.4 cm³/mol. The monoisotopic (exact) mass is 277 g/mol. The van der Waals surface area contributed by atoms with Gasteiger partial charge in [0, 0.05) is 39.3 Å². The van der Waals surface area contributed by atoms with Crippen molar-refractivity contribution in [3.05, 3.63) is 23.8 Å². The number of hydrogen-bond donors (Lipinski definition) is 2. The van der Waals surface area contributed by atoms with Crippen molar-refractivity contribution in [2.24, 2.45) is 0 Å². The van der Waals surface area contributed by atoms with Gasteiger partial charge in [-0.3, -0.25) is 4.79 Å². The van der Waals surface area contributed by atoms with Crippen molar-refractivity contribution < 1.29 is 9.90 Å². The molecule has 0 radical (unpaired) electrons. The number of para-hydroxylation sites is 1. The summed E-state index contributed by atoms with van der Waals surface area (Å²) in [5.74, 6) is 0.0118. The molecule has 2 rings (SSSR count). The van der Waals surface area contributed by atoms with Crippen LogP contribution in [0.5, 0.6) is 5.75 Å². The molecule has 0 spiro atoms. The van der Waals surface area contributed by atoms with Crippen LogP contribution in [0, 0.1) is 0 Å². The van der Waals surface area contributed by atoms with Gasteiger partial charge in [0.1, 0.15) is 0 Å². The predicted octanol–water partition coefficient (Wildman–Crippen LogP) is 1.28. The topological polar surface area (TPSA) is 55.8 Å². The Morgan fingerprint density at radius 1 is 1.30 bits per heavy atom. The molecule has 0 aliphatic carbocycles. The molecular weight excluding hydrogens is 254 g/mol. The number of anilines is 1. The summed E-state index contributed by atoms with van der Waals surface area (Å²) in [6, 6.07) is 5.40. The summed E-state index contributed by atoms with van der Waals surface area (Å²) in [6.07, 6.45) is 0. The Labute approximate surface area is 120 Å². The number of nitrogens with zero attached hydrogens (tertiary/aromatic N) is 2. The zero-order valence-electron chi connectivity index (χ0n) is 12.2. The summed E-state index contributed by atoms with van der Waals surface area (Å²) >= 11 is 0. The Bertz CT molecular complexity index is 466. The number of aromatic hydroxyl groups is 1. The lowest BCUT2D eigenvalue weighted by Crippen LogP contribution is -2.46. The lowest BCUT2D eigenvalue weighted by Gasteiger charge is -2.29. The van der Waals surface area contributed by atoms with Crippen molar-refractivity contribution in [1.82, 2.24) is 10.2 Å². The quantitative estimate of drug-likeness (QED) is 0.870. The smallest absolute Gasteiger partial charge is 0.257 e. The lowest BCUT2D eigenvalue weighted by atomic mass is 10.1. The van der Waals surface area contributed by atoms with Gasteiger partial charge in [-0.15, -0.1) is 0 Å². The van der Waals surface area contributed by atoms with E-state index in [0.717, 1.165) is 31.9 Å². The van der Waals surface area contributed by atoms with Crippen molar-refractivity contribution in [2.45, 2.75) is 13.8 Å². The van der Waals surface area contributed by atoms with E-state index in [-0.39, 0.29) is 11.7 Å². The highest BCUT2D eigenvalue weighted by Gasteiger charge is 2.22. The van der Waals surface area contributed by atoms with E-state index in [0.29, 0.717) is 18.7 Å². The highest BCUT2D eigenvalue weighted by atomic mass is 16.3. The summed E-state index contributed by atoms with van der Waals surface area (Å²) in [4.78, 5) is 16.3. The summed E-state index contributed by atoms with van der Waals surface area (Å²) in [5.41, 5.74) is 1.13. The molecule has 20 heavy (non-hydrogen) atoms. The fourth-order valence-electron chi connectivity index (χ4n) is 2.56.